The van der Waals surface area contributed by atoms with Gasteiger partial charge in [-0.1, -0.05) is 0 Å². The molecule has 0 aromatic carbocycles. The fourth-order valence-corrected chi connectivity index (χ4v) is 2.72. The molecule has 0 saturated carbocycles. The summed E-state index contributed by atoms with van der Waals surface area (Å²) in [7, 11) is 0. The third-order valence-corrected chi connectivity index (χ3v) is 3.88. The number of carbonyl (C=O) groups is 2. The molecule has 1 N–H and O–H groups in total. The summed E-state index contributed by atoms with van der Waals surface area (Å²) in [5.41, 5.74) is 0.552. The number of carboxylic acid groups (broad SMARTS) is 1. The number of amides is 1. The van der Waals surface area contributed by atoms with E-state index in [-0.39, 0.29) is 12.5 Å². The molecule has 7 nitrogen and oxygen atoms in total. The smallest absolute Gasteiger partial charge is 0.323 e. The number of thiazole rings is 1. The summed E-state index contributed by atoms with van der Waals surface area (Å²) < 4.78 is 0. The Morgan fingerprint density at radius 1 is 1.33 bits per heavy atom. The summed E-state index contributed by atoms with van der Waals surface area (Å²) in [5.74, 6) is -0.929. The highest BCUT2D eigenvalue weighted by Gasteiger charge is 2.23. The third-order valence-electron chi connectivity index (χ3n) is 2.74. The molecule has 0 radical (unpaired) electrons. The van der Waals surface area contributed by atoms with Gasteiger partial charge in [0.15, 0.2) is 10.8 Å². The molecular weight excluding hydrogens is 292 g/mol. The normalized spacial score (nSPS) is 10.4. The van der Waals surface area contributed by atoms with Gasteiger partial charge in [-0.15, -0.1) is 11.3 Å². The first-order valence-electron chi connectivity index (χ1n) is 6.28. The highest BCUT2D eigenvalue weighted by atomic mass is 32.1. The fraction of sp³-hybridized carbons (Fsp3) is 0.308. The van der Waals surface area contributed by atoms with Gasteiger partial charge in [0.25, 0.3) is 5.91 Å². The predicted molar refractivity (Wildman–Crippen MR) is 77.1 cm³/mol. The number of rotatable bonds is 5. The van der Waals surface area contributed by atoms with Crippen molar-refractivity contribution >= 4 is 23.2 Å². The molecular formula is C13H14N4O3S. The van der Waals surface area contributed by atoms with E-state index >= 15 is 0 Å². The Balaban J connectivity index is 2.30. The number of aliphatic carboxylic acids is 1. The number of nitrogens with zero attached hydrogens (tertiary/aromatic N) is 4. The van der Waals surface area contributed by atoms with E-state index in [4.69, 9.17) is 5.11 Å². The second kappa shape index (κ2) is 6.40. The summed E-state index contributed by atoms with van der Waals surface area (Å²) in [6.07, 6.45) is 3.20. The van der Waals surface area contributed by atoms with Crippen molar-refractivity contribution in [2.45, 2.75) is 13.8 Å². The maximum absolute atomic E-state index is 12.4. The van der Waals surface area contributed by atoms with E-state index in [0.29, 0.717) is 27.9 Å². The Hall–Kier alpha value is -2.35. The average molecular weight is 306 g/mol. The first-order chi connectivity index (χ1) is 10.0. The van der Waals surface area contributed by atoms with E-state index in [1.165, 1.54) is 16.2 Å². The van der Waals surface area contributed by atoms with Crippen LogP contribution in [0.2, 0.25) is 0 Å². The van der Waals surface area contributed by atoms with Gasteiger partial charge in [-0.05, 0) is 19.9 Å². The quantitative estimate of drug-likeness (QED) is 0.898. The maximum Gasteiger partial charge on any atom is 0.323 e. The van der Waals surface area contributed by atoms with Crippen molar-refractivity contribution in [3.8, 4) is 10.8 Å². The number of hydrogen-bond acceptors (Lipinski definition) is 6. The van der Waals surface area contributed by atoms with Crippen LogP contribution >= 0.6 is 11.3 Å². The first-order valence-corrected chi connectivity index (χ1v) is 7.10. The van der Waals surface area contributed by atoms with E-state index in [1.54, 1.807) is 32.3 Å². The van der Waals surface area contributed by atoms with Gasteiger partial charge < -0.3 is 10.0 Å². The molecule has 0 spiro atoms. The van der Waals surface area contributed by atoms with Crippen molar-refractivity contribution in [1.82, 2.24) is 19.9 Å². The number of aryl methyl sites for hydroxylation is 1. The van der Waals surface area contributed by atoms with Crippen molar-refractivity contribution < 1.29 is 14.7 Å². The van der Waals surface area contributed by atoms with Crippen molar-refractivity contribution in [2.75, 3.05) is 13.1 Å². The lowest BCUT2D eigenvalue weighted by Gasteiger charge is -2.17. The largest absolute Gasteiger partial charge is 0.480 e. The molecule has 1 amide bonds. The summed E-state index contributed by atoms with van der Waals surface area (Å²) in [5, 5.41) is 9.38. The van der Waals surface area contributed by atoms with Crippen molar-refractivity contribution in [3.05, 3.63) is 29.0 Å². The summed E-state index contributed by atoms with van der Waals surface area (Å²) in [6, 6.07) is 1.70. The van der Waals surface area contributed by atoms with Gasteiger partial charge in [0.05, 0.1) is 5.69 Å². The van der Waals surface area contributed by atoms with Gasteiger partial charge >= 0.3 is 5.97 Å². The van der Waals surface area contributed by atoms with E-state index in [2.05, 4.69) is 15.0 Å². The molecule has 8 heteroatoms. The third kappa shape index (κ3) is 3.40. The molecule has 2 aromatic heterocycles. The minimum absolute atomic E-state index is 0.319. The van der Waals surface area contributed by atoms with Gasteiger partial charge in [0, 0.05) is 18.9 Å². The molecule has 2 heterocycles. The molecule has 0 saturated heterocycles. The predicted octanol–water partition coefficient (Wildman–Crippen LogP) is 1.46. The summed E-state index contributed by atoms with van der Waals surface area (Å²) in [6.45, 7) is 3.44. The van der Waals surface area contributed by atoms with Gasteiger partial charge in [-0.2, -0.15) is 0 Å². The van der Waals surface area contributed by atoms with Gasteiger partial charge in [-0.25, -0.2) is 15.0 Å². The van der Waals surface area contributed by atoms with E-state index in [9.17, 15) is 9.59 Å². The first kappa shape index (κ1) is 15.0. The Bertz CT molecular complexity index is 657. The number of hydrogen-bond donors (Lipinski definition) is 1. The SMILES string of the molecule is CCN(CC(=O)O)C(=O)c1sc(-c2ncccn2)nc1C. The van der Waals surface area contributed by atoms with Gasteiger partial charge in [0.2, 0.25) is 0 Å². The molecule has 21 heavy (non-hydrogen) atoms. The van der Waals surface area contributed by atoms with Crippen LogP contribution in [0.4, 0.5) is 0 Å². The minimum Gasteiger partial charge on any atom is -0.480 e. The van der Waals surface area contributed by atoms with Crippen LogP contribution in [-0.2, 0) is 4.79 Å². The summed E-state index contributed by atoms with van der Waals surface area (Å²) in [4.78, 5) is 37.3. The van der Waals surface area contributed by atoms with Crippen LogP contribution in [0, 0.1) is 6.92 Å². The van der Waals surface area contributed by atoms with Crippen LogP contribution in [0.5, 0.6) is 0 Å². The molecule has 0 unspecified atom stereocenters. The Morgan fingerprint density at radius 3 is 2.57 bits per heavy atom. The molecule has 2 aromatic rings. The van der Waals surface area contributed by atoms with Crippen LogP contribution < -0.4 is 0 Å². The molecule has 0 aliphatic heterocycles. The number of aromatic nitrogens is 3. The van der Waals surface area contributed by atoms with Crippen molar-refractivity contribution in [1.29, 1.82) is 0 Å². The second-order valence-electron chi connectivity index (χ2n) is 4.22. The molecule has 0 bridgehead atoms. The zero-order chi connectivity index (χ0) is 15.4. The molecule has 0 aliphatic carbocycles. The molecule has 0 aliphatic rings. The topological polar surface area (TPSA) is 96.3 Å². The number of carbonyl (C=O) groups excluding carboxylic acids is 1. The number of likely N-dealkylation sites (N-methyl/N-ethyl adjacent to an activating group) is 1. The fourth-order valence-electron chi connectivity index (χ4n) is 1.73. The Labute approximate surface area is 125 Å². The number of carboxylic acids is 1. The van der Waals surface area contributed by atoms with Crippen molar-refractivity contribution in [3.63, 3.8) is 0 Å². The van der Waals surface area contributed by atoms with Crippen LogP contribution in [0.1, 0.15) is 22.3 Å². The highest BCUT2D eigenvalue weighted by molar-refractivity contribution is 7.17. The zero-order valence-corrected chi connectivity index (χ0v) is 12.4. The highest BCUT2D eigenvalue weighted by Crippen LogP contribution is 2.26. The van der Waals surface area contributed by atoms with E-state index < -0.39 is 5.97 Å². The Morgan fingerprint density at radius 2 is 2.00 bits per heavy atom. The van der Waals surface area contributed by atoms with Gasteiger partial charge in [0.1, 0.15) is 11.4 Å². The van der Waals surface area contributed by atoms with Crippen molar-refractivity contribution in [2.24, 2.45) is 0 Å². The lowest BCUT2D eigenvalue weighted by molar-refractivity contribution is -0.137. The van der Waals surface area contributed by atoms with E-state index in [0.717, 1.165) is 0 Å². The standard InChI is InChI=1S/C13H14N4O3S/c1-3-17(7-9(18)19)13(20)10-8(2)16-12(21-10)11-14-5-4-6-15-11/h4-6H,3,7H2,1-2H3,(H,18,19). The maximum atomic E-state index is 12.4. The molecule has 0 atom stereocenters. The van der Waals surface area contributed by atoms with E-state index in [1.807, 2.05) is 0 Å². The van der Waals surface area contributed by atoms with Crippen LogP contribution in [0.3, 0.4) is 0 Å². The minimum atomic E-state index is -1.04. The Kier molecular flexibility index (Phi) is 4.59. The lowest BCUT2D eigenvalue weighted by atomic mass is 10.3. The molecule has 0 fully saturated rings. The van der Waals surface area contributed by atoms with Crippen LogP contribution in [-0.4, -0.2) is 49.9 Å². The average Bonchev–Trinajstić information content (AvgIpc) is 2.87. The zero-order valence-electron chi connectivity index (χ0n) is 11.6. The van der Waals surface area contributed by atoms with Crippen LogP contribution in [0.15, 0.2) is 18.5 Å². The lowest BCUT2D eigenvalue weighted by Crippen LogP contribution is -2.35. The van der Waals surface area contributed by atoms with Crippen LogP contribution in [0.25, 0.3) is 10.8 Å². The second-order valence-corrected chi connectivity index (χ2v) is 5.22. The molecule has 110 valence electrons. The molecule has 2 rings (SSSR count). The summed E-state index contributed by atoms with van der Waals surface area (Å²) >= 11 is 1.17. The monoisotopic (exact) mass is 306 g/mol. The van der Waals surface area contributed by atoms with Gasteiger partial charge in [-0.3, -0.25) is 9.59 Å².